The lowest BCUT2D eigenvalue weighted by Crippen LogP contribution is -2.15. The predicted molar refractivity (Wildman–Crippen MR) is 121 cm³/mol. The summed E-state index contributed by atoms with van der Waals surface area (Å²) in [7, 11) is 0. The minimum atomic E-state index is -0.394. The highest BCUT2D eigenvalue weighted by Gasteiger charge is 2.20. The molecule has 0 saturated carbocycles. The van der Waals surface area contributed by atoms with Gasteiger partial charge in [-0.15, -0.1) is 0 Å². The van der Waals surface area contributed by atoms with Gasteiger partial charge in [0.1, 0.15) is 12.4 Å². The molecule has 31 heavy (non-hydrogen) atoms. The summed E-state index contributed by atoms with van der Waals surface area (Å²) in [6, 6.07) is 21.1. The number of ether oxygens (including phenoxy) is 1. The van der Waals surface area contributed by atoms with Gasteiger partial charge in [-0.05, 0) is 60.5 Å². The maximum absolute atomic E-state index is 13.3. The number of nitrogens with one attached hydrogen (secondary N) is 1. The van der Waals surface area contributed by atoms with Gasteiger partial charge in [0.05, 0.1) is 11.9 Å². The molecule has 1 N–H and O–H groups in total. The van der Waals surface area contributed by atoms with Crippen molar-refractivity contribution in [3.8, 4) is 11.4 Å². The number of rotatable bonds is 6. The molecule has 4 aromatic rings. The van der Waals surface area contributed by atoms with E-state index in [4.69, 9.17) is 4.74 Å². The first-order chi connectivity index (χ1) is 15.0. The third kappa shape index (κ3) is 5.00. The number of amides is 1. The van der Waals surface area contributed by atoms with Gasteiger partial charge < -0.3 is 10.1 Å². The Hall–Kier alpha value is -3.45. The van der Waals surface area contributed by atoms with Crippen LogP contribution in [0.25, 0.3) is 5.69 Å². The van der Waals surface area contributed by atoms with E-state index in [1.165, 1.54) is 16.8 Å². The topological polar surface area (TPSA) is 56.2 Å². The summed E-state index contributed by atoms with van der Waals surface area (Å²) in [5.74, 6) is -0.407. The monoisotopic (exact) mass is 479 g/mol. The number of hydrogen-bond donors (Lipinski definition) is 1. The van der Waals surface area contributed by atoms with E-state index in [2.05, 4.69) is 26.3 Å². The number of nitrogens with zero attached hydrogens (tertiary/aromatic N) is 2. The second-order valence-corrected chi connectivity index (χ2v) is 7.87. The Balaban J connectivity index is 1.64. The Morgan fingerprint density at radius 2 is 1.84 bits per heavy atom. The SMILES string of the molecule is Cc1cc(Br)ccc1NC(=O)c1nn(-c2ccc(F)cc2)cc1OCc1ccccc1. The fourth-order valence-electron chi connectivity index (χ4n) is 3.03. The Bertz CT molecular complexity index is 1210. The molecule has 0 unspecified atom stereocenters. The first-order valence-corrected chi connectivity index (χ1v) is 10.4. The summed E-state index contributed by atoms with van der Waals surface area (Å²) in [5, 5.41) is 7.30. The zero-order valence-electron chi connectivity index (χ0n) is 16.7. The van der Waals surface area contributed by atoms with Crippen LogP contribution in [0.5, 0.6) is 5.75 Å². The fraction of sp³-hybridized carbons (Fsp3) is 0.0833. The second-order valence-electron chi connectivity index (χ2n) is 6.95. The molecule has 7 heteroatoms. The van der Waals surface area contributed by atoms with Crippen LogP contribution in [-0.4, -0.2) is 15.7 Å². The van der Waals surface area contributed by atoms with Crippen molar-refractivity contribution in [2.75, 3.05) is 5.32 Å². The summed E-state index contributed by atoms with van der Waals surface area (Å²) in [5.41, 5.74) is 3.31. The summed E-state index contributed by atoms with van der Waals surface area (Å²) in [4.78, 5) is 13.0. The summed E-state index contributed by atoms with van der Waals surface area (Å²) < 4.78 is 21.7. The summed E-state index contributed by atoms with van der Waals surface area (Å²) >= 11 is 3.42. The van der Waals surface area contributed by atoms with Crippen molar-refractivity contribution in [3.05, 3.63) is 106 Å². The summed E-state index contributed by atoms with van der Waals surface area (Å²) in [6.07, 6.45) is 1.62. The van der Waals surface area contributed by atoms with E-state index in [1.54, 1.807) is 18.3 Å². The van der Waals surface area contributed by atoms with E-state index >= 15 is 0 Å². The molecule has 0 aliphatic heterocycles. The zero-order valence-corrected chi connectivity index (χ0v) is 18.3. The van der Waals surface area contributed by atoms with Crippen molar-refractivity contribution >= 4 is 27.5 Å². The van der Waals surface area contributed by atoms with Gasteiger partial charge in [-0.2, -0.15) is 5.10 Å². The third-order valence-corrected chi connectivity index (χ3v) is 5.15. The quantitative estimate of drug-likeness (QED) is 0.373. The van der Waals surface area contributed by atoms with Crippen LogP contribution in [-0.2, 0) is 6.61 Å². The molecular formula is C24H19BrFN3O2. The number of hydrogen-bond acceptors (Lipinski definition) is 3. The largest absolute Gasteiger partial charge is 0.485 e. The number of carbonyl (C=O) groups excluding carboxylic acids is 1. The molecule has 0 saturated heterocycles. The van der Waals surface area contributed by atoms with Gasteiger partial charge in [0.15, 0.2) is 11.4 Å². The maximum Gasteiger partial charge on any atom is 0.280 e. The maximum atomic E-state index is 13.3. The molecule has 0 aliphatic carbocycles. The Morgan fingerprint density at radius 1 is 1.10 bits per heavy atom. The minimum Gasteiger partial charge on any atom is -0.485 e. The molecule has 0 spiro atoms. The Labute approximate surface area is 187 Å². The fourth-order valence-corrected chi connectivity index (χ4v) is 3.51. The van der Waals surface area contributed by atoms with Crippen LogP contribution in [0.3, 0.4) is 0 Å². The molecule has 0 aliphatic rings. The van der Waals surface area contributed by atoms with Gasteiger partial charge in [-0.1, -0.05) is 46.3 Å². The van der Waals surface area contributed by atoms with Crippen LogP contribution in [0.4, 0.5) is 10.1 Å². The summed E-state index contributed by atoms with van der Waals surface area (Å²) in [6.45, 7) is 2.19. The average molecular weight is 480 g/mol. The van der Waals surface area contributed by atoms with Gasteiger partial charge >= 0.3 is 0 Å². The molecule has 156 valence electrons. The number of halogens is 2. The van der Waals surface area contributed by atoms with Gasteiger partial charge in [-0.3, -0.25) is 4.79 Å². The minimum absolute atomic E-state index is 0.141. The van der Waals surface area contributed by atoms with Gasteiger partial charge in [-0.25, -0.2) is 9.07 Å². The predicted octanol–water partition coefficient (Wildman–Crippen LogP) is 5.91. The number of aromatic nitrogens is 2. The van der Waals surface area contributed by atoms with Crippen molar-refractivity contribution in [1.82, 2.24) is 9.78 Å². The van der Waals surface area contributed by atoms with Crippen molar-refractivity contribution < 1.29 is 13.9 Å². The highest BCUT2D eigenvalue weighted by molar-refractivity contribution is 9.10. The highest BCUT2D eigenvalue weighted by atomic mass is 79.9. The van der Waals surface area contributed by atoms with Gasteiger partial charge in [0.25, 0.3) is 5.91 Å². The van der Waals surface area contributed by atoms with Crippen LogP contribution in [0, 0.1) is 12.7 Å². The van der Waals surface area contributed by atoms with E-state index < -0.39 is 5.91 Å². The molecule has 0 atom stereocenters. The lowest BCUT2D eigenvalue weighted by molar-refractivity contribution is 0.101. The normalized spacial score (nSPS) is 10.7. The van der Waals surface area contributed by atoms with E-state index in [1.807, 2.05) is 55.5 Å². The number of aryl methyl sites for hydroxylation is 1. The molecule has 3 aromatic carbocycles. The number of anilines is 1. The first kappa shape index (κ1) is 20.8. The third-order valence-electron chi connectivity index (χ3n) is 4.66. The van der Waals surface area contributed by atoms with Gasteiger partial charge in [0.2, 0.25) is 0 Å². The smallest absolute Gasteiger partial charge is 0.280 e. The van der Waals surface area contributed by atoms with Gasteiger partial charge in [0, 0.05) is 10.2 Å². The molecule has 1 aromatic heterocycles. The Morgan fingerprint density at radius 3 is 2.55 bits per heavy atom. The molecule has 0 bridgehead atoms. The highest BCUT2D eigenvalue weighted by Crippen LogP contribution is 2.25. The lowest BCUT2D eigenvalue weighted by Gasteiger charge is -2.09. The molecule has 0 fully saturated rings. The van der Waals surface area contributed by atoms with E-state index in [9.17, 15) is 9.18 Å². The van der Waals surface area contributed by atoms with E-state index in [0.29, 0.717) is 17.1 Å². The molecule has 1 amide bonds. The average Bonchev–Trinajstić information content (AvgIpc) is 3.20. The van der Waals surface area contributed by atoms with Crippen molar-refractivity contribution in [2.45, 2.75) is 13.5 Å². The van der Waals surface area contributed by atoms with E-state index in [-0.39, 0.29) is 18.1 Å². The second kappa shape index (κ2) is 9.14. The Kier molecular flexibility index (Phi) is 6.13. The van der Waals surface area contributed by atoms with Crippen molar-refractivity contribution in [3.63, 3.8) is 0 Å². The standard InChI is InChI=1S/C24H19BrFN3O2/c1-16-13-18(25)7-12-21(16)27-24(30)23-22(31-15-17-5-3-2-4-6-17)14-29(28-23)20-10-8-19(26)9-11-20/h2-14H,15H2,1H3,(H,27,30). The van der Waals surface area contributed by atoms with Crippen LogP contribution < -0.4 is 10.1 Å². The molecular weight excluding hydrogens is 461 g/mol. The van der Waals surface area contributed by atoms with Crippen LogP contribution in [0.2, 0.25) is 0 Å². The number of benzene rings is 3. The lowest BCUT2D eigenvalue weighted by atomic mass is 10.2. The molecule has 5 nitrogen and oxygen atoms in total. The molecule has 0 radical (unpaired) electrons. The van der Waals surface area contributed by atoms with E-state index in [0.717, 1.165) is 15.6 Å². The van der Waals surface area contributed by atoms with Crippen LogP contribution in [0.1, 0.15) is 21.6 Å². The van der Waals surface area contributed by atoms with Crippen molar-refractivity contribution in [1.29, 1.82) is 0 Å². The van der Waals surface area contributed by atoms with Crippen molar-refractivity contribution in [2.24, 2.45) is 0 Å². The molecule has 1 heterocycles. The van der Waals surface area contributed by atoms with Crippen LogP contribution >= 0.6 is 15.9 Å². The molecule has 4 rings (SSSR count). The van der Waals surface area contributed by atoms with Crippen LogP contribution in [0.15, 0.2) is 83.5 Å². The number of carbonyl (C=O) groups is 1. The first-order valence-electron chi connectivity index (χ1n) is 9.59. The zero-order chi connectivity index (χ0) is 21.8.